The molecule has 2 heterocycles. The summed E-state index contributed by atoms with van der Waals surface area (Å²) in [6.45, 7) is 5.67. The average molecular weight is 1750 g/mol. The monoisotopic (exact) mass is 1750 g/mol. The minimum absolute atomic E-state index is 0.0206. The first-order chi connectivity index (χ1) is 58.7. The summed E-state index contributed by atoms with van der Waals surface area (Å²) in [5.74, 6) is -2.93. The van der Waals surface area contributed by atoms with Gasteiger partial charge in [0.1, 0.15) is 92.6 Å². The summed E-state index contributed by atoms with van der Waals surface area (Å²) in [6.07, 6.45) is 33.4. The van der Waals surface area contributed by atoms with Crippen molar-refractivity contribution in [1.29, 1.82) is 0 Å². The Hall–Kier alpha value is -2.53. The molecular formula is C95H179O25P. The molecule has 0 aromatic rings. The maximum atomic E-state index is 14.9. The van der Waals surface area contributed by atoms with E-state index < -0.39 is 162 Å². The number of aliphatic hydroxyl groups is 9. The molecule has 25 nitrogen and oxygen atoms in total. The van der Waals surface area contributed by atoms with Gasteiger partial charge in [0.15, 0.2) is 24.8 Å². The van der Waals surface area contributed by atoms with Crippen LogP contribution in [-0.2, 0) is 70.7 Å². The third-order valence-corrected chi connectivity index (χ3v) is 25.6. The van der Waals surface area contributed by atoms with Crippen LogP contribution >= 0.6 is 7.82 Å². The first kappa shape index (κ1) is 113. The Morgan fingerprint density at radius 2 is 0.570 bits per heavy atom. The highest BCUT2D eigenvalue weighted by Gasteiger charge is 2.60. The molecule has 3 fully saturated rings. The fourth-order valence-electron chi connectivity index (χ4n) is 16.7. The van der Waals surface area contributed by atoms with Crippen molar-refractivity contribution in [3.63, 3.8) is 0 Å². The normalized spacial score (nSPS) is 24.5. The molecule has 2 saturated heterocycles. The summed E-state index contributed by atoms with van der Waals surface area (Å²) in [5.41, 5.74) is 0. The number of ether oxygens (including phenoxy) is 8. The number of unbranched alkanes of at least 4 members (excludes halogenated alkanes) is 58. The van der Waals surface area contributed by atoms with Crippen LogP contribution in [0.1, 0.15) is 451 Å². The maximum Gasteiger partial charge on any atom is 0.472 e. The van der Waals surface area contributed by atoms with Crippen LogP contribution in [0, 0.1) is 0 Å². The number of hydrogen-bond acceptors (Lipinski definition) is 24. The Labute approximate surface area is 731 Å². The van der Waals surface area contributed by atoms with E-state index in [-0.39, 0.29) is 25.7 Å². The van der Waals surface area contributed by atoms with E-state index in [0.29, 0.717) is 32.1 Å². The number of carbonyl (C=O) groups excluding carboxylic acids is 4. The molecule has 2 aliphatic heterocycles. The summed E-state index contributed by atoms with van der Waals surface area (Å²) in [5, 5.41) is 103. The van der Waals surface area contributed by atoms with E-state index in [1.54, 1.807) is 0 Å². The topological polar surface area (TPSA) is 380 Å². The van der Waals surface area contributed by atoms with E-state index in [1.807, 2.05) is 0 Å². The standard InChI is InChI=1S/C95H179O25P/c1-5-9-13-17-21-25-29-33-37-41-43-47-51-55-59-63-67-78(97)111-72-75(114-80(99)69-65-61-57-53-49-45-39-35-31-27-23-19-15-11-7-3)73-113-121(109,110)120-93-91(118-94-88(107)84(103)82(101)76(71-96)115-94)87(106)86(105)90(117-81(100)70-66-62-58-54-50-46-40-36-32-28-24-20-16-12-8-4)92(93)119-95-89(108)85(104)83(102)77(116-95)74-112-79(98)68-64-60-56-52-48-44-42-38-34-30-26-22-18-14-10-6-2/h75-77,82-96,101-108H,5-74H2,1-4H3,(H,109,110). The van der Waals surface area contributed by atoms with Gasteiger partial charge in [-0.3, -0.25) is 28.2 Å². The predicted octanol–water partition coefficient (Wildman–Crippen LogP) is 19.3. The highest BCUT2D eigenvalue weighted by molar-refractivity contribution is 7.47. The van der Waals surface area contributed by atoms with Crippen LogP contribution < -0.4 is 0 Å². The van der Waals surface area contributed by atoms with Gasteiger partial charge in [-0.15, -0.1) is 0 Å². The summed E-state index contributed by atoms with van der Waals surface area (Å²) in [6, 6.07) is 0. The number of phosphoric ester groups is 1. The second-order valence-electron chi connectivity index (χ2n) is 35.7. The van der Waals surface area contributed by atoms with Crippen LogP contribution in [0.15, 0.2) is 0 Å². The number of hydrogen-bond donors (Lipinski definition) is 10. The van der Waals surface area contributed by atoms with E-state index in [0.717, 1.165) is 128 Å². The number of phosphoric acid groups is 1. The largest absolute Gasteiger partial charge is 0.472 e. The lowest BCUT2D eigenvalue weighted by atomic mass is 9.84. The zero-order valence-corrected chi connectivity index (χ0v) is 77.2. The summed E-state index contributed by atoms with van der Waals surface area (Å²) in [7, 11) is -5.80. The second kappa shape index (κ2) is 74.3. The van der Waals surface area contributed by atoms with Crippen molar-refractivity contribution < 1.29 is 122 Å². The van der Waals surface area contributed by atoms with Crippen molar-refractivity contribution in [2.45, 2.75) is 556 Å². The molecule has 10 N–H and O–H groups in total. The molecule has 1 aliphatic carbocycles. The van der Waals surface area contributed by atoms with E-state index in [1.165, 1.54) is 238 Å². The first-order valence-corrected chi connectivity index (χ1v) is 51.3. The van der Waals surface area contributed by atoms with Gasteiger partial charge in [-0.05, 0) is 25.7 Å². The minimum atomic E-state index is -5.80. The van der Waals surface area contributed by atoms with Crippen molar-refractivity contribution in [3.05, 3.63) is 0 Å². The Balaban J connectivity index is 1.89. The van der Waals surface area contributed by atoms with Crippen molar-refractivity contribution in [2.75, 3.05) is 26.4 Å². The highest BCUT2D eigenvalue weighted by Crippen LogP contribution is 2.49. The molecule has 0 radical (unpaired) electrons. The van der Waals surface area contributed by atoms with Gasteiger partial charge in [0, 0.05) is 25.7 Å². The van der Waals surface area contributed by atoms with Crippen molar-refractivity contribution in [3.8, 4) is 0 Å². The Morgan fingerprint density at radius 3 is 0.901 bits per heavy atom. The fraction of sp³-hybridized carbons (Fsp3) is 0.958. The fourth-order valence-corrected chi connectivity index (χ4v) is 17.7. The molecule has 714 valence electrons. The third-order valence-electron chi connectivity index (χ3n) is 24.6. The van der Waals surface area contributed by atoms with Gasteiger partial charge < -0.3 is 88.7 Å². The zero-order valence-electron chi connectivity index (χ0n) is 76.4. The van der Waals surface area contributed by atoms with Crippen molar-refractivity contribution in [2.24, 2.45) is 0 Å². The average Bonchev–Trinajstić information content (AvgIpc) is 0.754. The van der Waals surface area contributed by atoms with Gasteiger partial charge in [-0.1, -0.05) is 400 Å². The van der Waals surface area contributed by atoms with Crippen LogP contribution in [0.3, 0.4) is 0 Å². The van der Waals surface area contributed by atoms with E-state index in [2.05, 4.69) is 27.7 Å². The SMILES string of the molecule is CCCCCCCCCCCCCCCCCCC(=O)OCC(COP(=O)(O)OC1C(OC2OC(CO)C(O)C(O)C2O)C(O)C(O)C(OC(=O)CCCCCCCCCCCCCCCCC)C1OC1OC(COC(=O)CCCCCCCCCCCCCCCCCC)C(O)C(O)C1O)OC(=O)CCCCCCCCCCCCCCCCC. The minimum Gasteiger partial charge on any atom is -0.463 e. The van der Waals surface area contributed by atoms with Crippen LogP contribution in [0.4, 0.5) is 0 Å². The third kappa shape index (κ3) is 53.9. The number of carbonyl (C=O) groups is 4. The van der Waals surface area contributed by atoms with E-state index >= 15 is 0 Å². The molecule has 3 aliphatic rings. The maximum absolute atomic E-state index is 14.9. The number of aliphatic hydroxyl groups excluding tert-OH is 9. The Bertz CT molecular complexity index is 2500. The molecule has 121 heavy (non-hydrogen) atoms. The van der Waals surface area contributed by atoms with Crippen molar-refractivity contribution >= 4 is 31.7 Å². The Kier molecular flexibility index (Phi) is 69.1. The molecule has 0 bridgehead atoms. The second-order valence-corrected chi connectivity index (χ2v) is 37.1. The van der Waals surface area contributed by atoms with E-state index in [4.69, 9.17) is 46.9 Å². The molecule has 1 saturated carbocycles. The number of esters is 4. The molecule has 0 amide bonds. The van der Waals surface area contributed by atoms with Crippen LogP contribution in [0.2, 0.25) is 0 Å². The van der Waals surface area contributed by atoms with Gasteiger partial charge in [-0.2, -0.15) is 0 Å². The van der Waals surface area contributed by atoms with Gasteiger partial charge in [-0.25, -0.2) is 4.57 Å². The molecule has 0 spiro atoms. The quantitative estimate of drug-likeness (QED) is 0.0117. The summed E-state index contributed by atoms with van der Waals surface area (Å²) < 4.78 is 73.6. The number of rotatable bonds is 82. The summed E-state index contributed by atoms with van der Waals surface area (Å²) in [4.78, 5) is 66.6. The molecule has 18 atom stereocenters. The zero-order chi connectivity index (χ0) is 88.2. The lowest BCUT2D eigenvalue weighted by Gasteiger charge is -2.50. The van der Waals surface area contributed by atoms with Gasteiger partial charge in [0.2, 0.25) is 0 Å². The smallest absolute Gasteiger partial charge is 0.463 e. The molecular weight excluding hydrogens is 1570 g/mol. The molecule has 0 aromatic heterocycles. The highest BCUT2D eigenvalue weighted by atomic mass is 31.2. The van der Waals surface area contributed by atoms with Crippen LogP contribution in [0.25, 0.3) is 0 Å². The van der Waals surface area contributed by atoms with Crippen LogP contribution in [-0.4, -0.2) is 205 Å². The van der Waals surface area contributed by atoms with Gasteiger partial charge in [0.25, 0.3) is 0 Å². The van der Waals surface area contributed by atoms with Crippen LogP contribution in [0.5, 0.6) is 0 Å². The van der Waals surface area contributed by atoms with Gasteiger partial charge >= 0.3 is 31.7 Å². The van der Waals surface area contributed by atoms with Crippen molar-refractivity contribution in [1.82, 2.24) is 0 Å². The summed E-state index contributed by atoms with van der Waals surface area (Å²) >= 11 is 0. The molecule has 26 heteroatoms. The molecule has 0 aromatic carbocycles. The molecule has 18 unspecified atom stereocenters. The lowest BCUT2D eigenvalue weighted by molar-refractivity contribution is -0.360. The predicted molar refractivity (Wildman–Crippen MR) is 472 cm³/mol. The lowest BCUT2D eigenvalue weighted by Crippen LogP contribution is -2.70. The first-order valence-electron chi connectivity index (χ1n) is 49.8. The van der Waals surface area contributed by atoms with E-state index in [9.17, 15) is 74.6 Å². The van der Waals surface area contributed by atoms with Gasteiger partial charge in [0.05, 0.1) is 13.2 Å². The molecule has 3 rings (SSSR count). The Morgan fingerprint density at radius 1 is 0.298 bits per heavy atom.